The largest absolute Gasteiger partial charge is 0.456 e. The van der Waals surface area contributed by atoms with Crippen LogP contribution < -0.4 is 0 Å². The van der Waals surface area contributed by atoms with Gasteiger partial charge in [-0.05, 0) is 40.0 Å². The second kappa shape index (κ2) is 3.88. The van der Waals surface area contributed by atoms with E-state index in [4.69, 9.17) is 9.47 Å². The van der Waals surface area contributed by atoms with Crippen LogP contribution in [0, 0.1) is 5.92 Å². The molecule has 0 bridgehead atoms. The van der Waals surface area contributed by atoms with Crippen LogP contribution in [0.15, 0.2) is 12.2 Å². The zero-order valence-electron chi connectivity index (χ0n) is 10.3. The summed E-state index contributed by atoms with van der Waals surface area (Å²) in [6.45, 7) is 9.26. The summed E-state index contributed by atoms with van der Waals surface area (Å²) in [5.74, 6) is 0.114. The van der Waals surface area contributed by atoms with Gasteiger partial charge in [0.2, 0.25) is 0 Å². The molecule has 0 aromatic heterocycles. The van der Waals surface area contributed by atoms with Crippen molar-refractivity contribution in [3.05, 3.63) is 12.2 Å². The highest BCUT2D eigenvalue weighted by molar-refractivity contribution is 5.87. The highest BCUT2D eigenvalue weighted by Gasteiger charge is 2.48. The maximum absolute atomic E-state index is 11.5. The van der Waals surface area contributed by atoms with Crippen molar-refractivity contribution in [2.75, 3.05) is 0 Å². The number of rotatable bonds is 3. The third kappa shape index (κ3) is 2.29. The number of ether oxygens (including phenoxy) is 2. The first-order valence-corrected chi connectivity index (χ1v) is 5.94. The lowest BCUT2D eigenvalue weighted by Gasteiger charge is -2.35. The van der Waals surface area contributed by atoms with Gasteiger partial charge in [0.15, 0.2) is 0 Å². The standard InChI is InChI=1S/C13H20O3/c1-8(2)12(14)16-13(3,4)9-5-6-10-11(7-9)15-10/h9-11H,1,5-7H2,2-4H3. The molecule has 1 aliphatic heterocycles. The van der Waals surface area contributed by atoms with Gasteiger partial charge in [-0.2, -0.15) is 0 Å². The quantitative estimate of drug-likeness (QED) is 0.420. The lowest BCUT2D eigenvalue weighted by Crippen LogP contribution is -2.39. The first kappa shape index (κ1) is 11.6. The van der Waals surface area contributed by atoms with Crippen molar-refractivity contribution >= 4 is 5.97 Å². The van der Waals surface area contributed by atoms with E-state index in [0.717, 1.165) is 19.3 Å². The van der Waals surface area contributed by atoms with E-state index in [1.54, 1.807) is 6.92 Å². The van der Waals surface area contributed by atoms with Gasteiger partial charge in [0.25, 0.3) is 0 Å². The molecule has 1 saturated carbocycles. The average molecular weight is 224 g/mol. The molecule has 2 rings (SSSR count). The van der Waals surface area contributed by atoms with E-state index in [1.807, 2.05) is 13.8 Å². The second-order valence-corrected chi connectivity index (χ2v) is 5.50. The minimum atomic E-state index is -0.410. The average Bonchev–Trinajstić information content (AvgIpc) is 2.93. The fraction of sp³-hybridized carbons (Fsp3) is 0.769. The van der Waals surface area contributed by atoms with Crippen LogP contribution in [0.1, 0.15) is 40.0 Å². The van der Waals surface area contributed by atoms with Gasteiger partial charge in [-0.25, -0.2) is 4.79 Å². The predicted octanol–water partition coefficient (Wildman–Crippen LogP) is 2.45. The monoisotopic (exact) mass is 224 g/mol. The molecule has 3 heteroatoms. The lowest BCUT2D eigenvalue weighted by molar-refractivity contribution is -0.157. The Morgan fingerprint density at radius 1 is 1.38 bits per heavy atom. The Labute approximate surface area is 96.8 Å². The van der Waals surface area contributed by atoms with Gasteiger partial charge < -0.3 is 9.47 Å². The third-order valence-electron chi connectivity index (χ3n) is 3.69. The van der Waals surface area contributed by atoms with Gasteiger partial charge in [-0.3, -0.25) is 0 Å². The molecule has 0 spiro atoms. The van der Waals surface area contributed by atoms with Crippen LogP contribution in [0.5, 0.6) is 0 Å². The van der Waals surface area contributed by atoms with Crippen molar-refractivity contribution in [1.29, 1.82) is 0 Å². The lowest BCUT2D eigenvalue weighted by atomic mass is 9.79. The highest BCUT2D eigenvalue weighted by atomic mass is 16.6. The van der Waals surface area contributed by atoms with Crippen molar-refractivity contribution in [1.82, 2.24) is 0 Å². The first-order valence-electron chi connectivity index (χ1n) is 5.94. The Kier molecular flexibility index (Phi) is 2.82. The Morgan fingerprint density at radius 3 is 2.62 bits per heavy atom. The van der Waals surface area contributed by atoms with E-state index in [-0.39, 0.29) is 5.97 Å². The first-order chi connectivity index (χ1) is 7.40. The molecule has 1 saturated heterocycles. The smallest absolute Gasteiger partial charge is 0.333 e. The summed E-state index contributed by atoms with van der Waals surface area (Å²) < 4.78 is 11.0. The third-order valence-corrected chi connectivity index (χ3v) is 3.69. The van der Waals surface area contributed by atoms with Crippen LogP contribution >= 0.6 is 0 Å². The van der Waals surface area contributed by atoms with Gasteiger partial charge in [0, 0.05) is 11.5 Å². The van der Waals surface area contributed by atoms with Gasteiger partial charge >= 0.3 is 5.97 Å². The molecular formula is C13H20O3. The number of esters is 1. The van der Waals surface area contributed by atoms with Gasteiger partial charge in [0.1, 0.15) is 5.60 Å². The minimum absolute atomic E-state index is 0.288. The molecule has 1 heterocycles. The molecule has 0 radical (unpaired) electrons. The van der Waals surface area contributed by atoms with E-state index < -0.39 is 5.60 Å². The predicted molar refractivity (Wildman–Crippen MR) is 61.0 cm³/mol. The van der Waals surface area contributed by atoms with Crippen LogP contribution in [-0.4, -0.2) is 23.8 Å². The summed E-state index contributed by atoms with van der Waals surface area (Å²) >= 11 is 0. The van der Waals surface area contributed by atoms with Crippen molar-refractivity contribution in [3.8, 4) is 0 Å². The van der Waals surface area contributed by atoms with E-state index in [9.17, 15) is 4.79 Å². The number of fused-ring (bicyclic) bond motifs is 1. The fourth-order valence-electron chi connectivity index (χ4n) is 2.44. The molecule has 3 atom stereocenters. The van der Waals surface area contributed by atoms with Crippen LogP contribution in [0.4, 0.5) is 0 Å². The van der Waals surface area contributed by atoms with Gasteiger partial charge in [0.05, 0.1) is 12.2 Å². The molecule has 1 aliphatic carbocycles. The maximum atomic E-state index is 11.5. The topological polar surface area (TPSA) is 38.8 Å². The number of hydrogen-bond acceptors (Lipinski definition) is 3. The van der Waals surface area contributed by atoms with Crippen LogP contribution in [-0.2, 0) is 14.3 Å². The number of hydrogen-bond donors (Lipinski definition) is 0. The summed E-state index contributed by atoms with van der Waals surface area (Å²) in [7, 11) is 0. The number of carbonyl (C=O) groups excluding carboxylic acids is 1. The molecule has 90 valence electrons. The number of epoxide rings is 1. The van der Waals surface area contributed by atoms with Crippen LogP contribution in [0.2, 0.25) is 0 Å². The molecule has 0 N–H and O–H groups in total. The van der Waals surface area contributed by atoms with Crippen molar-refractivity contribution in [2.24, 2.45) is 5.92 Å². The Morgan fingerprint density at radius 2 is 2.06 bits per heavy atom. The fourth-order valence-corrected chi connectivity index (χ4v) is 2.44. The van der Waals surface area contributed by atoms with E-state index in [2.05, 4.69) is 6.58 Å². The Hall–Kier alpha value is -0.830. The highest BCUT2D eigenvalue weighted by Crippen LogP contribution is 2.44. The van der Waals surface area contributed by atoms with Crippen molar-refractivity contribution < 1.29 is 14.3 Å². The van der Waals surface area contributed by atoms with Gasteiger partial charge in [-0.1, -0.05) is 6.58 Å². The zero-order chi connectivity index (χ0) is 11.9. The summed E-state index contributed by atoms with van der Waals surface area (Å²) in [6, 6.07) is 0. The second-order valence-electron chi connectivity index (χ2n) is 5.50. The van der Waals surface area contributed by atoms with Gasteiger partial charge in [-0.15, -0.1) is 0 Å². The van der Waals surface area contributed by atoms with E-state index >= 15 is 0 Å². The summed E-state index contributed by atoms with van der Waals surface area (Å²) in [5.41, 5.74) is 0.0527. The summed E-state index contributed by atoms with van der Waals surface area (Å²) in [6.07, 6.45) is 4.10. The number of carbonyl (C=O) groups is 1. The Bertz CT molecular complexity index is 319. The molecule has 0 aromatic carbocycles. The SMILES string of the molecule is C=C(C)C(=O)OC(C)(C)C1CCC2OC2C1. The zero-order valence-corrected chi connectivity index (χ0v) is 10.3. The molecule has 16 heavy (non-hydrogen) atoms. The molecule has 2 fully saturated rings. The molecule has 3 nitrogen and oxygen atoms in total. The van der Waals surface area contributed by atoms with E-state index in [1.165, 1.54) is 0 Å². The normalized spacial score (nSPS) is 32.8. The summed E-state index contributed by atoms with van der Waals surface area (Å²) in [5, 5.41) is 0. The van der Waals surface area contributed by atoms with Crippen LogP contribution in [0.3, 0.4) is 0 Å². The Balaban J connectivity index is 1.95. The van der Waals surface area contributed by atoms with Crippen LogP contribution in [0.25, 0.3) is 0 Å². The molecular weight excluding hydrogens is 204 g/mol. The molecule has 0 aromatic rings. The molecule has 3 unspecified atom stereocenters. The van der Waals surface area contributed by atoms with Crippen molar-refractivity contribution in [3.63, 3.8) is 0 Å². The molecule has 2 aliphatic rings. The van der Waals surface area contributed by atoms with Crippen molar-refractivity contribution in [2.45, 2.75) is 57.8 Å². The summed E-state index contributed by atoms with van der Waals surface area (Å²) in [4.78, 5) is 11.5. The van der Waals surface area contributed by atoms with E-state index in [0.29, 0.717) is 23.7 Å². The maximum Gasteiger partial charge on any atom is 0.333 e. The molecule has 0 amide bonds. The minimum Gasteiger partial charge on any atom is -0.456 e.